The number of methoxy groups -OCH3 is 1. The number of aromatic nitrogens is 3. The van der Waals surface area contributed by atoms with Gasteiger partial charge in [-0.3, -0.25) is 10.1 Å². The van der Waals surface area contributed by atoms with Crippen LogP contribution in [0.4, 0.5) is 34.5 Å². The topological polar surface area (TPSA) is 114 Å². The molecule has 1 saturated heterocycles. The molecule has 6 rings (SSSR count). The molecule has 2 aliphatic heterocycles. The highest BCUT2D eigenvalue weighted by Crippen LogP contribution is 2.44. The zero-order chi connectivity index (χ0) is 29.5. The Morgan fingerprint density at radius 1 is 1.17 bits per heavy atom. The van der Waals surface area contributed by atoms with E-state index in [2.05, 4.69) is 44.2 Å². The molecule has 1 unspecified atom stereocenters. The van der Waals surface area contributed by atoms with E-state index in [4.69, 9.17) is 26.1 Å². The molecule has 4 N–H and O–H groups in total. The maximum absolute atomic E-state index is 10.7. The zero-order valence-electron chi connectivity index (χ0n) is 24.3. The van der Waals surface area contributed by atoms with Crippen LogP contribution in [0.2, 0.25) is 5.02 Å². The number of rotatable bonds is 8. The molecule has 0 radical (unpaired) electrons. The van der Waals surface area contributed by atoms with Crippen LogP contribution in [0.5, 0.6) is 11.5 Å². The summed E-state index contributed by atoms with van der Waals surface area (Å²) in [5.41, 5.74) is 3.60. The van der Waals surface area contributed by atoms with E-state index in [-0.39, 0.29) is 0 Å². The summed E-state index contributed by atoms with van der Waals surface area (Å²) in [4.78, 5) is 18.8. The van der Waals surface area contributed by atoms with Crippen LogP contribution >= 0.6 is 19.7 Å². The van der Waals surface area contributed by atoms with Gasteiger partial charge in [0.1, 0.15) is 29.6 Å². The molecule has 4 aromatic rings. The van der Waals surface area contributed by atoms with E-state index in [9.17, 15) is 5.21 Å². The molecule has 0 spiro atoms. The fourth-order valence-electron chi connectivity index (χ4n) is 5.51. The van der Waals surface area contributed by atoms with Gasteiger partial charge in [-0.25, -0.2) is 4.83 Å². The van der Waals surface area contributed by atoms with Crippen LogP contribution in [-0.2, 0) is 0 Å². The first-order chi connectivity index (χ1) is 20.2. The van der Waals surface area contributed by atoms with Gasteiger partial charge in [0.15, 0.2) is 0 Å². The summed E-state index contributed by atoms with van der Waals surface area (Å²) in [5.74, 6) is 2.28. The van der Waals surface area contributed by atoms with Crippen LogP contribution in [0.1, 0.15) is 13.8 Å². The largest absolute Gasteiger partial charge is 0.494 e. The van der Waals surface area contributed by atoms with Crippen molar-refractivity contribution in [1.82, 2.24) is 19.9 Å². The third-order valence-corrected chi connectivity index (χ3v) is 9.02. The quantitative estimate of drug-likeness (QED) is 0.135. The lowest BCUT2D eigenvalue weighted by molar-refractivity contribution is 0.142. The average molecular weight is 611 g/mol. The molecule has 42 heavy (non-hydrogen) atoms. The van der Waals surface area contributed by atoms with E-state index >= 15 is 0 Å². The highest BCUT2D eigenvalue weighted by molar-refractivity contribution is 7.57. The van der Waals surface area contributed by atoms with Crippen molar-refractivity contribution >= 4 is 65.2 Å². The van der Waals surface area contributed by atoms with Gasteiger partial charge in [-0.05, 0) is 39.3 Å². The predicted octanol–water partition coefficient (Wildman–Crippen LogP) is 6.25. The van der Waals surface area contributed by atoms with E-state index in [1.54, 1.807) is 13.3 Å². The zero-order valence-corrected chi connectivity index (χ0v) is 26.0. The van der Waals surface area contributed by atoms with Crippen LogP contribution in [0.15, 0.2) is 42.6 Å². The standard InChI is InChI=1S/C29H36ClN8O3P/c1-17(2)36-10-11-37-18(15-36)16-41-25-12-21(24(40-3)13-23(25)37)33-29-34-27-26(19(30)14-31-27)28(35-29)32-20-8-6-7-9-22(20)38(39)42(4)5/h6-9,12-14,17-18,39H,10-11,15-16H2,1-5H3,(H3,31,32,33,34,35). The molecule has 1 fully saturated rings. The summed E-state index contributed by atoms with van der Waals surface area (Å²) in [5, 5.41) is 18.5. The molecule has 11 nitrogen and oxygen atoms in total. The van der Waals surface area contributed by atoms with Crippen LogP contribution in [0.25, 0.3) is 11.0 Å². The van der Waals surface area contributed by atoms with Gasteiger partial charge in [-0.15, -0.1) is 0 Å². The van der Waals surface area contributed by atoms with Gasteiger partial charge in [-0.2, -0.15) is 9.97 Å². The maximum atomic E-state index is 10.7. The highest BCUT2D eigenvalue weighted by Gasteiger charge is 2.34. The fraction of sp³-hybridized carbons (Fsp3) is 0.379. The van der Waals surface area contributed by atoms with E-state index in [0.717, 1.165) is 31.1 Å². The molecular formula is C29H36ClN8O3P. The summed E-state index contributed by atoms with van der Waals surface area (Å²) in [6, 6.07) is 12.3. The number of hydrogen-bond donors (Lipinski definition) is 4. The molecule has 0 amide bonds. The molecule has 2 aliphatic rings. The number of H-pyrrole nitrogens is 1. The number of fused-ring (bicyclic) bond motifs is 4. The summed E-state index contributed by atoms with van der Waals surface area (Å²) in [6.45, 7) is 12.0. The SMILES string of the molecule is COc1cc2c(cc1Nc1nc(Nc3ccccc3N(O)P(C)C)c3c(Cl)c[nH]c3n1)OCC1CN(C(C)C)CCN21. The van der Waals surface area contributed by atoms with Gasteiger partial charge >= 0.3 is 0 Å². The van der Waals surface area contributed by atoms with Crippen molar-refractivity contribution in [2.45, 2.75) is 25.9 Å². The number of ether oxygens (including phenoxy) is 2. The first-order valence-electron chi connectivity index (χ1n) is 13.9. The van der Waals surface area contributed by atoms with E-state index in [0.29, 0.717) is 69.3 Å². The Hall–Kier alpha value is -3.50. The molecule has 2 aromatic carbocycles. The molecular weight excluding hydrogens is 575 g/mol. The minimum Gasteiger partial charge on any atom is -0.494 e. The molecule has 222 valence electrons. The van der Waals surface area contributed by atoms with E-state index in [1.807, 2.05) is 49.7 Å². The Kier molecular flexibility index (Phi) is 7.93. The van der Waals surface area contributed by atoms with Crippen LogP contribution in [-0.4, -0.2) is 83.8 Å². The van der Waals surface area contributed by atoms with Gasteiger partial charge in [0.25, 0.3) is 0 Å². The monoisotopic (exact) mass is 610 g/mol. The first-order valence-corrected chi connectivity index (χ1v) is 16.5. The van der Waals surface area contributed by atoms with Crippen molar-refractivity contribution in [3.63, 3.8) is 0 Å². The third kappa shape index (κ3) is 5.38. The minimum atomic E-state index is -0.780. The minimum absolute atomic E-state index is 0.295. The van der Waals surface area contributed by atoms with Crippen molar-refractivity contribution in [2.24, 2.45) is 0 Å². The summed E-state index contributed by atoms with van der Waals surface area (Å²) in [6.07, 6.45) is 1.68. The molecule has 1 atom stereocenters. The highest BCUT2D eigenvalue weighted by atomic mass is 35.5. The molecule has 2 aromatic heterocycles. The summed E-state index contributed by atoms with van der Waals surface area (Å²) >= 11 is 6.55. The molecule has 0 aliphatic carbocycles. The second kappa shape index (κ2) is 11.6. The lowest BCUT2D eigenvalue weighted by atomic mass is 10.1. The third-order valence-electron chi connectivity index (χ3n) is 7.75. The van der Waals surface area contributed by atoms with E-state index in [1.165, 1.54) is 4.83 Å². The van der Waals surface area contributed by atoms with E-state index < -0.39 is 8.07 Å². The van der Waals surface area contributed by atoms with Gasteiger partial charge in [0.05, 0.1) is 46.3 Å². The number of benzene rings is 2. The summed E-state index contributed by atoms with van der Waals surface area (Å²) in [7, 11) is 0.873. The smallest absolute Gasteiger partial charge is 0.231 e. The number of hydrogen-bond acceptors (Lipinski definition) is 10. The second-order valence-electron chi connectivity index (χ2n) is 10.9. The van der Waals surface area contributed by atoms with Crippen molar-refractivity contribution in [2.75, 3.05) is 67.0 Å². The Morgan fingerprint density at radius 2 is 1.98 bits per heavy atom. The second-order valence-corrected chi connectivity index (χ2v) is 13.4. The predicted molar refractivity (Wildman–Crippen MR) is 171 cm³/mol. The van der Waals surface area contributed by atoms with Crippen molar-refractivity contribution in [1.29, 1.82) is 0 Å². The number of aromatic amines is 1. The van der Waals surface area contributed by atoms with Crippen molar-refractivity contribution in [3.8, 4) is 11.5 Å². The van der Waals surface area contributed by atoms with Gasteiger partial charge < -0.3 is 30.0 Å². The van der Waals surface area contributed by atoms with Crippen molar-refractivity contribution in [3.05, 3.63) is 47.6 Å². The Balaban J connectivity index is 1.33. The number of anilines is 6. The Bertz CT molecular complexity index is 1600. The van der Waals surface area contributed by atoms with Crippen molar-refractivity contribution < 1.29 is 14.7 Å². The molecule has 0 saturated carbocycles. The maximum Gasteiger partial charge on any atom is 0.231 e. The first kappa shape index (κ1) is 28.6. The normalized spacial score (nSPS) is 16.8. The molecule has 13 heteroatoms. The summed E-state index contributed by atoms with van der Waals surface area (Å²) < 4.78 is 12.1. The van der Waals surface area contributed by atoms with Gasteiger partial charge in [0, 0.05) is 52.1 Å². The average Bonchev–Trinajstić information content (AvgIpc) is 3.36. The van der Waals surface area contributed by atoms with Gasteiger partial charge in [0.2, 0.25) is 5.95 Å². The Labute approximate surface area is 251 Å². The molecule has 0 bridgehead atoms. The molecule has 4 heterocycles. The van der Waals surface area contributed by atoms with Crippen LogP contribution < -0.4 is 29.8 Å². The Morgan fingerprint density at radius 3 is 2.74 bits per heavy atom. The number of halogens is 1. The number of piperazine rings is 1. The number of nitrogens with zero attached hydrogens (tertiary/aromatic N) is 5. The number of para-hydroxylation sites is 2. The fourth-order valence-corrected chi connectivity index (χ4v) is 6.35. The number of nitrogens with one attached hydrogen (secondary N) is 3. The van der Waals surface area contributed by atoms with Crippen LogP contribution in [0.3, 0.4) is 0 Å². The van der Waals surface area contributed by atoms with Crippen LogP contribution in [0, 0.1) is 0 Å². The van der Waals surface area contributed by atoms with Gasteiger partial charge in [-0.1, -0.05) is 23.7 Å². The lowest BCUT2D eigenvalue weighted by Crippen LogP contribution is -2.58. The lowest BCUT2D eigenvalue weighted by Gasteiger charge is -2.46.